The molecule has 0 radical (unpaired) electrons. The molecule has 0 bridgehead atoms. The van der Waals surface area contributed by atoms with Crippen molar-refractivity contribution in [3.63, 3.8) is 0 Å². The van der Waals surface area contributed by atoms with Crippen LogP contribution in [0.3, 0.4) is 0 Å². The summed E-state index contributed by atoms with van der Waals surface area (Å²) in [4.78, 5) is 16.1. The molecule has 1 heterocycles. The molecule has 0 saturated heterocycles. The van der Waals surface area contributed by atoms with Gasteiger partial charge in [-0.3, -0.25) is 4.79 Å². The summed E-state index contributed by atoms with van der Waals surface area (Å²) in [5, 5.41) is 2.50. The van der Waals surface area contributed by atoms with Crippen molar-refractivity contribution >= 4 is 57.5 Å². The second-order valence-electron chi connectivity index (χ2n) is 4.89. The van der Waals surface area contributed by atoms with Gasteiger partial charge in [0, 0.05) is 17.3 Å². The number of nitrogens with zero attached hydrogens (tertiary/aromatic N) is 1. The zero-order valence-corrected chi connectivity index (χ0v) is 14.6. The molecule has 2 aromatic carbocycles. The molecule has 124 valence electrons. The van der Waals surface area contributed by atoms with E-state index in [4.69, 9.17) is 44.0 Å². The minimum atomic E-state index is -2.04. The number of alkyl halides is 3. The molecule has 3 aromatic rings. The van der Waals surface area contributed by atoms with Gasteiger partial charge in [0.2, 0.25) is 5.89 Å². The van der Waals surface area contributed by atoms with Crippen molar-refractivity contribution in [3.05, 3.63) is 42.5 Å². The second kappa shape index (κ2) is 6.51. The summed E-state index contributed by atoms with van der Waals surface area (Å²) in [6, 6.07) is 12.3. The summed E-state index contributed by atoms with van der Waals surface area (Å²) >= 11 is 16.6. The van der Waals surface area contributed by atoms with E-state index in [-0.39, 0.29) is 0 Å². The number of carbonyl (C=O) groups is 1. The van der Waals surface area contributed by atoms with Gasteiger partial charge >= 0.3 is 0 Å². The number of methoxy groups -OCH3 is 1. The molecule has 5 nitrogen and oxygen atoms in total. The first-order valence-corrected chi connectivity index (χ1v) is 7.93. The van der Waals surface area contributed by atoms with Crippen LogP contribution in [0, 0.1) is 0 Å². The smallest absolute Gasteiger partial charge is 0.276 e. The highest BCUT2D eigenvalue weighted by Gasteiger charge is 2.30. The Hall–Kier alpha value is -1.95. The highest BCUT2D eigenvalue weighted by molar-refractivity contribution is 6.76. The summed E-state index contributed by atoms with van der Waals surface area (Å²) in [5.74, 6) is 0.388. The quantitative estimate of drug-likeness (QED) is 0.657. The summed E-state index contributed by atoms with van der Waals surface area (Å²) < 4.78 is 8.90. The fraction of sp³-hybridized carbons (Fsp3) is 0.125. The lowest BCUT2D eigenvalue weighted by Gasteiger charge is -2.10. The average molecular weight is 386 g/mol. The number of ether oxygens (including phenoxy) is 1. The Morgan fingerprint density at radius 1 is 1.21 bits per heavy atom. The maximum atomic E-state index is 11.7. The number of hydrogen-bond acceptors (Lipinski definition) is 4. The van der Waals surface area contributed by atoms with E-state index in [0.29, 0.717) is 28.4 Å². The van der Waals surface area contributed by atoms with Crippen molar-refractivity contribution < 1.29 is 13.9 Å². The number of amides is 1. The number of oxazole rings is 1. The third-order valence-electron chi connectivity index (χ3n) is 3.22. The number of fused-ring (bicyclic) bond motifs is 1. The van der Waals surface area contributed by atoms with Gasteiger partial charge in [-0.05, 0) is 30.3 Å². The lowest BCUT2D eigenvalue weighted by Crippen LogP contribution is -2.26. The lowest BCUT2D eigenvalue weighted by molar-refractivity contribution is -0.115. The lowest BCUT2D eigenvalue weighted by atomic mass is 10.2. The van der Waals surface area contributed by atoms with Crippen LogP contribution in [-0.2, 0) is 4.79 Å². The SMILES string of the molecule is COc1cccc(-c2nc3ccc(NC(=O)C(Cl)(Cl)Cl)cc3o2)c1. The molecule has 3 rings (SSSR count). The van der Waals surface area contributed by atoms with Gasteiger partial charge < -0.3 is 14.5 Å². The predicted octanol–water partition coefficient (Wildman–Crippen LogP) is 4.81. The van der Waals surface area contributed by atoms with Crippen LogP contribution in [0.25, 0.3) is 22.6 Å². The number of rotatable bonds is 3. The average Bonchev–Trinajstić information content (AvgIpc) is 2.97. The standard InChI is InChI=1S/C16H11Cl3N2O3/c1-23-11-4-2-3-9(7-11)14-21-12-6-5-10(8-13(12)24-14)20-15(22)16(17,18)19/h2-8H,1H3,(H,20,22). The Morgan fingerprint density at radius 2 is 2.00 bits per heavy atom. The maximum Gasteiger partial charge on any atom is 0.276 e. The molecule has 0 aliphatic heterocycles. The van der Waals surface area contributed by atoms with Crippen molar-refractivity contribution in [2.75, 3.05) is 12.4 Å². The first-order valence-electron chi connectivity index (χ1n) is 6.80. The van der Waals surface area contributed by atoms with Crippen LogP contribution >= 0.6 is 34.8 Å². The van der Waals surface area contributed by atoms with E-state index in [1.54, 1.807) is 25.3 Å². The monoisotopic (exact) mass is 384 g/mol. The molecule has 0 unspecified atom stereocenters. The van der Waals surface area contributed by atoms with Crippen molar-refractivity contribution in [1.29, 1.82) is 0 Å². The Bertz CT molecular complexity index is 903. The zero-order valence-electron chi connectivity index (χ0n) is 12.3. The molecule has 0 atom stereocenters. The van der Waals surface area contributed by atoms with Gasteiger partial charge in [0.1, 0.15) is 11.3 Å². The number of aromatic nitrogens is 1. The highest BCUT2D eigenvalue weighted by atomic mass is 35.6. The highest BCUT2D eigenvalue weighted by Crippen LogP contribution is 2.30. The first kappa shape index (κ1) is 16.9. The van der Waals surface area contributed by atoms with Crippen molar-refractivity contribution in [1.82, 2.24) is 4.98 Å². The minimum absolute atomic E-state index is 0.437. The van der Waals surface area contributed by atoms with E-state index >= 15 is 0 Å². The molecule has 0 saturated carbocycles. The first-order chi connectivity index (χ1) is 11.4. The molecule has 1 N–H and O–H groups in total. The summed E-state index contributed by atoms with van der Waals surface area (Å²) in [5.41, 5.74) is 2.35. The molecule has 8 heteroatoms. The van der Waals surface area contributed by atoms with Crippen LogP contribution in [0.2, 0.25) is 0 Å². The van der Waals surface area contributed by atoms with Gasteiger partial charge in [0.25, 0.3) is 9.70 Å². The number of carbonyl (C=O) groups excluding carboxylic acids is 1. The third-order valence-corrected chi connectivity index (χ3v) is 3.74. The van der Waals surface area contributed by atoms with Crippen LogP contribution in [0.4, 0.5) is 5.69 Å². The third kappa shape index (κ3) is 3.59. The summed E-state index contributed by atoms with van der Waals surface area (Å²) in [6.07, 6.45) is 0. The van der Waals surface area contributed by atoms with Gasteiger partial charge in [-0.25, -0.2) is 4.98 Å². The van der Waals surface area contributed by atoms with E-state index in [1.165, 1.54) is 0 Å². The zero-order chi connectivity index (χ0) is 17.3. The van der Waals surface area contributed by atoms with Crippen LogP contribution in [0.5, 0.6) is 5.75 Å². The van der Waals surface area contributed by atoms with Crippen molar-refractivity contribution in [3.8, 4) is 17.2 Å². The fourth-order valence-electron chi connectivity index (χ4n) is 2.08. The summed E-state index contributed by atoms with van der Waals surface area (Å²) in [6.45, 7) is 0. The number of nitrogens with one attached hydrogen (secondary N) is 1. The van der Waals surface area contributed by atoms with Gasteiger partial charge in [-0.15, -0.1) is 0 Å². The van der Waals surface area contributed by atoms with Crippen LogP contribution in [0.1, 0.15) is 0 Å². The number of hydrogen-bond donors (Lipinski definition) is 1. The van der Waals surface area contributed by atoms with Crippen LogP contribution in [0.15, 0.2) is 46.9 Å². The van der Waals surface area contributed by atoms with Crippen molar-refractivity contribution in [2.45, 2.75) is 3.79 Å². The predicted molar refractivity (Wildman–Crippen MR) is 94.9 cm³/mol. The number of benzene rings is 2. The summed E-state index contributed by atoms with van der Waals surface area (Å²) in [7, 11) is 1.59. The Kier molecular flexibility index (Phi) is 4.58. The van der Waals surface area contributed by atoms with Gasteiger partial charge in [0.05, 0.1) is 7.11 Å². The van der Waals surface area contributed by atoms with E-state index in [0.717, 1.165) is 5.56 Å². The molecular weight excluding hydrogens is 375 g/mol. The van der Waals surface area contributed by atoms with E-state index < -0.39 is 9.70 Å². The minimum Gasteiger partial charge on any atom is -0.497 e. The van der Waals surface area contributed by atoms with Gasteiger partial charge in [-0.1, -0.05) is 40.9 Å². The van der Waals surface area contributed by atoms with E-state index in [1.807, 2.05) is 24.3 Å². The number of anilines is 1. The van der Waals surface area contributed by atoms with E-state index in [9.17, 15) is 4.79 Å². The molecule has 0 spiro atoms. The number of halogens is 3. The molecule has 24 heavy (non-hydrogen) atoms. The molecular formula is C16H11Cl3N2O3. The fourth-order valence-corrected chi connectivity index (χ4v) is 2.23. The van der Waals surface area contributed by atoms with Gasteiger partial charge in [0.15, 0.2) is 5.58 Å². The van der Waals surface area contributed by atoms with E-state index in [2.05, 4.69) is 10.3 Å². The Labute approximate surface area is 152 Å². The van der Waals surface area contributed by atoms with Gasteiger partial charge in [-0.2, -0.15) is 0 Å². The topological polar surface area (TPSA) is 64.4 Å². The Balaban J connectivity index is 1.93. The van der Waals surface area contributed by atoms with Crippen molar-refractivity contribution in [2.24, 2.45) is 0 Å². The normalized spacial score (nSPS) is 11.5. The molecule has 0 aliphatic carbocycles. The maximum absolute atomic E-state index is 11.7. The van der Waals surface area contributed by atoms with Crippen LogP contribution in [-0.4, -0.2) is 21.8 Å². The molecule has 1 amide bonds. The Morgan fingerprint density at radius 3 is 2.71 bits per heavy atom. The molecule has 1 aromatic heterocycles. The second-order valence-corrected chi connectivity index (χ2v) is 7.17. The molecule has 0 fully saturated rings. The van der Waals surface area contributed by atoms with Crippen LogP contribution < -0.4 is 10.1 Å². The molecule has 0 aliphatic rings. The largest absolute Gasteiger partial charge is 0.497 e.